The molecule has 1 heterocycles. The zero-order valence-electron chi connectivity index (χ0n) is 12.9. The van der Waals surface area contributed by atoms with Crippen LogP contribution in [0.1, 0.15) is 47.0 Å². The van der Waals surface area contributed by atoms with Crippen molar-refractivity contribution < 1.29 is 0 Å². The number of rotatable bonds is 8. The summed E-state index contributed by atoms with van der Waals surface area (Å²) in [4.78, 5) is 2.61. The topological polar surface area (TPSA) is 27.3 Å². The van der Waals surface area contributed by atoms with Crippen LogP contribution in [-0.4, -0.2) is 50.2 Å². The highest BCUT2D eigenvalue weighted by Crippen LogP contribution is 2.20. The molecule has 3 heteroatoms. The summed E-state index contributed by atoms with van der Waals surface area (Å²) < 4.78 is 0. The van der Waals surface area contributed by atoms with Crippen molar-refractivity contribution in [3.63, 3.8) is 0 Å². The Bertz CT molecular complexity index is 210. The molecule has 1 aliphatic heterocycles. The second-order valence-electron chi connectivity index (χ2n) is 6.51. The van der Waals surface area contributed by atoms with Crippen LogP contribution < -0.4 is 10.6 Å². The fourth-order valence-electron chi connectivity index (χ4n) is 2.81. The lowest BCUT2D eigenvalue weighted by molar-refractivity contribution is 0.174. The molecule has 1 aliphatic rings. The molecule has 0 aromatic rings. The molecule has 1 rings (SSSR count). The molecular formula is C15H33N3. The monoisotopic (exact) mass is 255 g/mol. The summed E-state index contributed by atoms with van der Waals surface area (Å²) in [7, 11) is 0. The third-order valence-corrected chi connectivity index (χ3v) is 4.04. The van der Waals surface area contributed by atoms with Gasteiger partial charge >= 0.3 is 0 Å². The Labute approximate surface area is 114 Å². The average molecular weight is 255 g/mol. The Morgan fingerprint density at radius 2 is 1.94 bits per heavy atom. The molecule has 0 spiro atoms. The van der Waals surface area contributed by atoms with E-state index in [0.29, 0.717) is 11.5 Å². The van der Waals surface area contributed by atoms with Crippen LogP contribution in [0.5, 0.6) is 0 Å². The van der Waals surface area contributed by atoms with Gasteiger partial charge in [0.2, 0.25) is 0 Å². The summed E-state index contributed by atoms with van der Waals surface area (Å²) >= 11 is 0. The lowest BCUT2D eigenvalue weighted by atomic mass is 9.88. The van der Waals surface area contributed by atoms with Gasteiger partial charge in [-0.2, -0.15) is 0 Å². The predicted octanol–water partition coefficient (Wildman–Crippen LogP) is 2.09. The summed E-state index contributed by atoms with van der Waals surface area (Å²) in [5, 5.41) is 7.05. The van der Waals surface area contributed by atoms with Crippen LogP contribution in [0.3, 0.4) is 0 Å². The molecule has 1 atom stereocenters. The molecule has 0 aromatic heterocycles. The van der Waals surface area contributed by atoms with Gasteiger partial charge in [-0.15, -0.1) is 0 Å². The first kappa shape index (κ1) is 15.9. The van der Waals surface area contributed by atoms with Crippen molar-refractivity contribution >= 4 is 0 Å². The number of nitrogens with one attached hydrogen (secondary N) is 2. The Balaban J connectivity index is 2.09. The lowest BCUT2D eigenvalue weighted by Gasteiger charge is -2.33. The molecule has 0 radical (unpaired) electrons. The van der Waals surface area contributed by atoms with Crippen molar-refractivity contribution in [2.24, 2.45) is 5.41 Å². The van der Waals surface area contributed by atoms with E-state index < -0.39 is 0 Å². The van der Waals surface area contributed by atoms with Gasteiger partial charge in [-0.25, -0.2) is 0 Å². The normalized spacial score (nSPS) is 20.0. The van der Waals surface area contributed by atoms with Crippen LogP contribution in [0, 0.1) is 5.41 Å². The van der Waals surface area contributed by atoms with E-state index in [1.807, 2.05) is 0 Å². The van der Waals surface area contributed by atoms with Crippen LogP contribution in [-0.2, 0) is 0 Å². The standard InChI is InChI=1S/C15H33N3/c1-5-7-15(3,4)13-17-8-6-14(2)18-11-9-16-10-12-18/h14,16-17H,5-13H2,1-4H3. The van der Waals surface area contributed by atoms with Crippen molar-refractivity contribution in [3.8, 4) is 0 Å². The third kappa shape index (κ3) is 6.17. The maximum absolute atomic E-state index is 3.64. The molecule has 108 valence electrons. The zero-order chi connectivity index (χ0) is 13.4. The summed E-state index contributed by atoms with van der Waals surface area (Å²) in [5.41, 5.74) is 0.451. The molecule has 0 bridgehead atoms. The molecule has 1 saturated heterocycles. The van der Waals surface area contributed by atoms with E-state index in [9.17, 15) is 0 Å². The smallest absolute Gasteiger partial charge is 0.0110 e. The fourth-order valence-corrected chi connectivity index (χ4v) is 2.81. The summed E-state index contributed by atoms with van der Waals surface area (Å²) in [5.74, 6) is 0. The summed E-state index contributed by atoms with van der Waals surface area (Å²) in [6.07, 6.45) is 3.86. The minimum Gasteiger partial charge on any atom is -0.316 e. The van der Waals surface area contributed by atoms with Gasteiger partial charge in [0.25, 0.3) is 0 Å². The van der Waals surface area contributed by atoms with Crippen LogP contribution in [0.25, 0.3) is 0 Å². The molecular weight excluding hydrogens is 222 g/mol. The molecule has 0 amide bonds. The number of hydrogen-bond acceptors (Lipinski definition) is 3. The minimum atomic E-state index is 0.451. The van der Waals surface area contributed by atoms with E-state index in [1.165, 1.54) is 32.4 Å². The van der Waals surface area contributed by atoms with Crippen LogP contribution >= 0.6 is 0 Å². The van der Waals surface area contributed by atoms with Crippen molar-refractivity contribution in [1.29, 1.82) is 0 Å². The first-order valence-electron chi connectivity index (χ1n) is 7.70. The molecule has 3 nitrogen and oxygen atoms in total. The molecule has 1 unspecified atom stereocenters. The van der Waals surface area contributed by atoms with E-state index in [1.54, 1.807) is 0 Å². The quantitative estimate of drug-likeness (QED) is 0.650. The van der Waals surface area contributed by atoms with Gasteiger partial charge in [-0.3, -0.25) is 4.90 Å². The van der Waals surface area contributed by atoms with Crippen LogP contribution in [0.2, 0.25) is 0 Å². The lowest BCUT2D eigenvalue weighted by Crippen LogP contribution is -2.48. The van der Waals surface area contributed by atoms with Crippen molar-refractivity contribution in [1.82, 2.24) is 15.5 Å². The van der Waals surface area contributed by atoms with E-state index in [-0.39, 0.29) is 0 Å². The van der Waals surface area contributed by atoms with E-state index in [2.05, 4.69) is 43.2 Å². The molecule has 0 aliphatic carbocycles. The summed E-state index contributed by atoms with van der Waals surface area (Å²) in [6, 6.07) is 0.717. The van der Waals surface area contributed by atoms with Gasteiger partial charge < -0.3 is 10.6 Å². The Morgan fingerprint density at radius 3 is 2.56 bits per heavy atom. The van der Waals surface area contributed by atoms with Gasteiger partial charge in [0.05, 0.1) is 0 Å². The number of piperazine rings is 1. The average Bonchev–Trinajstić information content (AvgIpc) is 2.35. The van der Waals surface area contributed by atoms with E-state index in [0.717, 1.165) is 26.2 Å². The zero-order valence-corrected chi connectivity index (χ0v) is 12.9. The largest absolute Gasteiger partial charge is 0.316 e. The number of hydrogen-bond donors (Lipinski definition) is 2. The van der Waals surface area contributed by atoms with Crippen LogP contribution in [0.4, 0.5) is 0 Å². The highest BCUT2D eigenvalue weighted by molar-refractivity contribution is 4.75. The van der Waals surface area contributed by atoms with E-state index in [4.69, 9.17) is 0 Å². The Hall–Kier alpha value is -0.120. The second-order valence-corrected chi connectivity index (χ2v) is 6.51. The maximum atomic E-state index is 3.64. The Morgan fingerprint density at radius 1 is 1.28 bits per heavy atom. The third-order valence-electron chi connectivity index (χ3n) is 4.04. The van der Waals surface area contributed by atoms with Gasteiger partial charge in [-0.05, 0) is 31.7 Å². The van der Waals surface area contributed by atoms with E-state index >= 15 is 0 Å². The van der Waals surface area contributed by atoms with Crippen molar-refractivity contribution in [3.05, 3.63) is 0 Å². The fraction of sp³-hybridized carbons (Fsp3) is 1.00. The second kappa shape index (κ2) is 8.13. The first-order valence-corrected chi connectivity index (χ1v) is 7.70. The molecule has 18 heavy (non-hydrogen) atoms. The highest BCUT2D eigenvalue weighted by atomic mass is 15.2. The van der Waals surface area contributed by atoms with Crippen molar-refractivity contribution in [2.75, 3.05) is 39.3 Å². The number of nitrogens with zero attached hydrogens (tertiary/aromatic N) is 1. The predicted molar refractivity (Wildman–Crippen MR) is 80.1 cm³/mol. The molecule has 0 aromatic carbocycles. The molecule has 0 saturated carbocycles. The SMILES string of the molecule is CCCC(C)(C)CNCCC(C)N1CCNCC1. The van der Waals surface area contributed by atoms with Gasteiger partial charge in [-0.1, -0.05) is 27.2 Å². The highest BCUT2D eigenvalue weighted by Gasteiger charge is 2.18. The maximum Gasteiger partial charge on any atom is 0.0110 e. The van der Waals surface area contributed by atoms with Crippen LogP contribution in [0.15, 0.2) is 0 Å². The van der Waals surface area contributed by atoms with Gasteiger partial charge in [0, 0.05) is 38.8 Å². The first-order chi connectivity index (χ1) is 8.55. The minimum absolute atomic E-state index is 0.451. The molecule has 1 fully saturated rings. The van der Waals surface area contributed by atoms with Gasteiger partial charge in [0.1, 0.15) is 0 Å². The molecule has 2 N–H and O–H groups in total. The summed E-state index contributed by atoms with van der Waals surface area (Å²) in [6.45, 7) is 16.4. The Kier molecular flexibility index (Phi) is 7.20. The van der Waals surface area contributed by atoms with Crippen molar-refractivity contribution in [2.45, 2.75) is 53.0 Å². The van der Waals surface area contributed by atoms with Gasteiger partial charge in [0.15, 0.2) is 0 Å².